The third-order valence-electron chi connectivity index (χ3n) is 9.29. The van der Waals surface area contributed by atoms with Crippen LogP contribution < -0.4 is 20.7 Å². The fourth-order valence-electron chi connectivity index (χ4n) is 6.68. The number of carbonyl (C=O) groups is 2. The van der Waals surface area contributed by atoms with Gasteiger partial charge in [0, 0.05) is 45.2 Å². The number of aromatic hydroxyl groups is 1. The SMILES string of the molecule is Cc1ncnc(C(=O)N2CCN(c3c4n(c5nc(N6CCOCC6)nn5c3=O)[C@@H](C(=O)Nc3ccc(C(F)(F)F)cc3Cl)C[C@@H]4C)CC2)c1O. The van der Waals surface area contributed by atoms with Crippen LogP contribution in [0.25, 0.3) is 5.78 Å². The van der Waals surface area contributed by atoms with Crippen molar-refractivity contribution < 1.29 is 32.6 Å². The monoisotopic (exact) mass is 716 g/mol. The van der Waals surface area contributed by atoms with Crippen molar-refractivity contribution in [1.29, 1.82) is 0 Å². The molecule has 2 amide bonds. The molecule has 19 heteroatoms. The number of rotatable bonds is 5. The maximum atomic E-state index is 14.3. The lowest BCUT2D eigenvalue weighted by Crippen LogP contribution is -2.51. The van der Waals surface area contributed by atoms with Crippen LogP contribution in [-0.2, 0) is 15.7 Å². The van der Waals surface area contributed by atoms with Crippen molar-refractivity contribution in [3.8, 4) is 5.75 Å². The predicted molar refractivity (Wildman–Crippen MR) is 174 cm³/mol. The summed E-state index contributed by atoms with van der Waals surface area (Å²) in [5.41, 5.74) is -0.373. The second-order valence-corrected chi connectivity index (χ2v) is 12.8. The van der Waals surface area contributed by atoms with Crippen LogP contribution in [0.15, 0.2) is 29.3 Å². The van der Waals surface area contributed by atoms with Crippen LogP contribution in [0.1, 0.15) is 52.7 Å². The van der Waals surface area contributed by atoms with E-state index in [1.165, 1.54) is 15.7 Å². The molecule has 0 bridgehead atoms. The maximum absolute atomic E-state index is 14.3. The smallest absolute Gasteiger partial charge is 0.416 e. The summed E-state index contributed by atoms with van der Waals surface area (Å²) in [7, 11) is 0. The van der Waals surface area contributed by atoms with Gasteiger partial charge >= 0.3 is 6.18 Å². The highest BCUT2D eigenvalue weighted by molar-refractivity contribution is 6.33. The van der Waals surface area contributed by atoms with Gasteiger partial charge in [-0.15, -0.1) is 5.10 Å². The minimum atomic E-state index is -4.61. The first-order valence-corrected chi connectivity index (χ1v) is 16.3. The molecule has 7 rings (SSSR count). The Labute approximate surface area is 287 Å². The van der Waals surface area contributed by atoms with Crippen molar-refractivity contribution in [2.24, 2.45) is 0 Å². The maximum Gasteiger partial charge on any atom is 0.416 e. The van der Waals surface area contributed by atoms with Crippen LogP contribution in [0, 0.1) is 6.92 Å². The first-order chi connectivity index (χ1) is 23.8. The number of morpholine rings is 1. The number of hydrogen-bond donors (Lipinski definition) is 2. The molecular weight excluding hydrogens is 685 g/mol. The summed E-state index contributed by atoms with van der Waals surface area (Å²) in [6, 6.07) is 1.77. The molecule has 15 nitrogen and oxygen atoms in total. The Kier molecular flexibility index (Phi) is 8.53. The van der Waals surface area contributed by atoms with Crippen molar-refractivity contribution in [3.05, 3.63) is 62.5 Å². The Morgan fingerprint density at radius 3 is 2.46 bits per heavy atom. The fraction of sp³-hybridized carbons (Fsp3) is 0.452. The van der Waals surface area contributed by atoms with E-state index < -0.39 is 35.2 Å². The first kappa shape index (κ1) is 33.5. The molecule has 50 heavy (non-hydrogen) atoms. The van der Waals surface area contributed by atoms with Crippen molar-refractivity contribution in [2.45, 2.75) is 38.4 Å². The minimum absolute atomic E-state index is 0.00392. The number of ether oxygens (including phenoxy) is 1. The van der Waals surface area contributed by atoms with Gasteiger partial charge in [0.05, 0.1) is 40.9 Å². The Bertz CT molecular complexity index is 2060. The largest absolute Gasteiger partial charge is 0.504 e. The zero-order valence-electron chi connectivity index (χ0n) is 26.9. The molecule has 2 atom stereocenters. The van der Waals surface area contributed by atoms with E-state index in [2.05, 4.69) is 20.4 Å². The number of hydrogen-bond acceptors (Lipinski definition) is 11. The van der Waals surface area contributed by atoms with Crippen LogP contribution in [0.4, 0.5) is 30.5 Å². The predicted octanol–water partition coefficient (Wildman–Crippen LogP) is 2.85. The molecule has 4 aromatic rings. The molecule has 0 spiro atoms. The summed E-state index contributed by atoms with van der Waals surface area (Å²) >= 11 is 6.18. The number of aromatic nitrogens is 6. The molecule has 2 N–H and O–H groups in total. The Morgan fingerprint density at radius 2 is 1.78 bits per heavy atom. The molecule has 3 aliphatic rings. The number of alkyl halides is 3. The number of benzene rings is 1. The van der Waals surface area contributed by atoms with E-state index >= 15 is 0 Å². The third kappa shape index (κ3) is 5.85. The molecule has 2 fully saturated rings. The molecule has 0 saturated carbocycles. The van der Waals surface area contributed by atoms with Gasteiger partial charge in [-0.25, -0.2) is 9.97 Å². The zero-order chi connectivity index (χ0) is 35.5. The van der Waals surface area contributed by atoms with Crippen LogP contribution in [0.3, 0.4) is 0 Å². The second kappa shape index (κ2) is 12.7. The van der Waals surface area contributed by atoms with Crippen molar-refractivity contribution in [1.82, 2.24) is 34.0 Å². The van der Waals surface area contributed by atoms with Gasteiger partial charge in [0.1, 0.15) is 18.1 Å². The van der Waals surface area contributed by atoms with Crippen molar-refractivity contribution in [3.63, 3.8) is 0 Å². The van der Waals surface area contributed by atoms with Gasteiger partial charge < -0.3 is 29.9 Å². The first-order valence-electron chi connectivity index (χ1n) is 15.9. The van der Waals surface area contributed by atoms with E-state index in [9.17, 15) is 32.7 Å². The zero-order valence-corrected chi connectivity index (χ0v) is 27.7. The molecule has 264 valence electrons. The molecule has 3 aliphatic heterocycles. The lowest BCUT2D eigenvalue weighted by atomic mass is 10.0. The van der Waals surface area contributed by atoms with Crippen LogP contribution in [0.2, 0.25) is 5.02 Å². The molecule has 0 aliphatic carbocycles. The summed E-state index contributed by atoms with van der Waals surface area (Å²) in [5.74, 6) is -1.22. The number of nitrogens with zero attached hydrogens (tertiary/aromatic N) is 9. The van der Waals surface area contributed by atoms with E-state index in [4.69, 9.17) is 21.3 Å². The molecular formula is C31H32ClF3N10O5. The Morgan fingerprint density at radius 1 is 1.06 bits per heavy atom. The van der Waals surface area contributed by atoms with Gasteiger partial charge in [-0.2, -0.15) is 22.7 Å². The molecule has 2 saturated heterocycles. The summed E-state index contributed by atoms with van der Waals surface area (Å²) in [6.07, 6.45) is -3.15. The molecule has 0 unspecified atom stereocenters. The molecule has 0 radical (unpaired) electrons. The van der Waals surface area contributed by atoms with Crippen molar-refractivity contribution in [2.75, 3.05) is 67.6 Å². The second-order valence-electron chi connectivity index (χ2n) is 12.4. The highest BCUT2D eigenvalue weighted by atomic mass is 35.5. The fourth-order valence-corrected chi connectivity index (χ4v) is 6.91. The third-order valence-corrected chi connectivity index (χ3v) is 9.60. The number of halogens is 4. The number of nitrogens with one attached hydrogen (secondary N) is 1. The lowest BCUT2D eigenvalue weighted by Gasteiger charge is -2.36. The highest BCUT2D eigenvalue weighted by Crippen LogP contribution is 2.42. The molecule has 3 aromatic heterocycles. The average Bonchev–Trinajstić information content (AvgIpc) is 3.69. The summed E-state index contributed by atoms with van der Waals surface area (Å²) in [4.78, 5) is 59.3. The molecule has 1 aromatic carbocycles. The van der Waals surface area contributed by atoms with E-state index in [-0.39, 0.29) is 78.1 Å². The van der Waals surface area contributed by atoms with Gasteiger partial charge in [0.15, 0.2) is 11.4 Å². The lowest BCUT2D eigenvalue weighted by molar-refractivity contribution is -0.137. The summed E-state index contributed by atoms with van der Waals surface area (Å²) in [5, 5.41) is 17.3. The van der Waals surface area contributed by atoms with Crippen LogP contribution in [-0.4, -0.2) is 103 Å². The normalized spacial score (nSPS) is 19.6. The number of fused-ring (bicyclic) bond motifs is 3. The average molecular weight is 717 g/mol. The number of carbonyl (C=O) groups excluding carboxylic acids is 2. The van der Waals surface area contributed by atoms with Crippen LogP contribution >= 0.6 is 11.6 Å². The van der Waals surface area contributed by atoms with Gasteiger partial charge in [-0.05, 0) is 31.5 Å². The number of anilines is 3. The number of amides is 2. The van der Waals surface area contributed by atoms with Gasteiger partial charge in [0.2, 0.25) is 17.6 Å². The van der Waals surface area contributed by atoms with Crippen LogP contribution in [0.5, 0.6) is 5.75 Å². The minimum Gasteiger partial charge on any atom is -0.504 e. The Hall–Kier alpha value is -4.97. The number of aryl methyl sites for hydroxylation is 1. The van der Waals surface area contributed by atoms with Gasteiger partial charge in [-0.1, -0.05) is 18.5 Å². The van der Waals surface area contributed by atoms with E-state index in [1.807, 2.05) is 16.7 Å². The van der Waals surface area contributed by atoms with E-state index in [0.717, 1.165) is 18.2 Å². The number of piperazine rings is 1. The van der Waals surface area contributed by atoms with Gasteiger partial charge in [0.25, 0.3) is 11.5 Å². The molecule has 6 heterocycles. The Balaban J connectivity index is 1.25. The quantitative estimate of drug-likeness (QED) is 0.312. The summed E-state index contributed by atoms with van der Waals surface area (Å²) in [6.45, 7) is 6.24. The van der Waals surface area contributed by atoms with E-state index in [1.54, 1.807) is 11.5 Å². The van der Waals surface area contributed by atoms with Gasteiger partial charge in [-0.3, -0.25) is 19.0 Å². The highest BCUT2D eigenvalue weighted by Gasteiger charge is 2.41. The summed E-state index contributed by atoms with van der Waals surface area (Å²) < 4.78 is 48.1. The van der Waals surface area contributed by atoms with E-state index in [0.29, 0.717) is 37.7 Å². The van der Waals surface area contributed by atoms with Crippen molar-refractivity contribution >= 4 is 46.5 Å². The standard InChI is InChI=1S/C31H32ClF3N10O5/c1-16-13-21(26(47)38-20-4-3-18(14-19(20)32)31(33,34)35)44-23(16)24(28(49)45-30(44)39-29(40-45)43-9-11-50-12-10-43)41-5-7-42(8-6-41)27(48)22-25(46)17(2)36-15-37-22/h3-4,14-16,21,46H,5-13H2,1-2H3,(H,38,47)/t16-,21+/m0/s1. The topological polar surface area (TPSA) is 163 Å².